The molecule has 2 fully saturated rings. The van der Waals surface area contributed by atoms with E-state index < -0.39 is 0 Å². The van der Waals surface area contributed by atoms with Gasteiger partial charge in [-0.05, 0) is 37.1 Å². The minimum Gasteiger partial charge on any atom is -0.374 e. The van der Waals surface area contributed by atoms with Crippen molar-refractivity contribution in [3.8, 4) is 0 Å². The molecule has 120 valence electrons. The van der Waals surface area contributed by atoms with Crippen LogP contribution >= 0.6 is 0 Å². The van der Waals surface area contributed by atoms with Crippen LogP contribution in [0.3, 0.4) is 0 Å². The van der Waals surface area contributed by atoms with E-state index in [1.165, 1.54) is 29.9 Å². The van der Waals surface area contributed by atoms with Crippen molar-refractivity contribution in [2.24, 2.45) is 0 Å². The SMILES string of the molecule is CN(C(=O)NCC1CN(C2CC2)CCO1)c1ccc(F)cc1. The summed E-state index contributed by atoms with van der Waals surface area (Å²) < 4.78 is 18.6. The number of nitrogens with one attached hydrogen (secondary N) is 1. The van der Waals surface area contributed by atoms with Crippen LogP contribution in [0.25, 0.3) is 0 Å². The van der Waals surface area contributed by atoms with E-state index in [9.17, 15) is 9.18 Å². The van der Waals surface area contributed by atoms with Crippen molar-refractivity contribution < 1.29 is 13.9 Å². The number of ether oxygens (including phenoxy) is 1. The molecule has 22 heavy (non-hydrogen) atoms. The highest BCUT2D eigenvalue weighted by molar-refractivity contribution is 5.91. The lowest BCUT2D eigenvalue weighted by Gasteiger charge is -2.33. The van der Waals surface area contributed by atoms with Gasteiger partial charge in [0.25, 0.3) is 0 Å². The van der Waals surface area contributed by atoms with Crippen LogP contribution in [0.1, 0.15) is 12.8 Å². The maximum absolute atomic E-state index is 12.9. The van der Waals surface area contributed by atoms with Crippen LogP contribution < -0.4 is 10.2 Å². The Bertz CT molecular complexity index is 519. The standard InChI is InChI=1S/C16H22FN3O2/c1-19(13-4-2-12(17)3-5-13)16(21)18-10-15-11-20(8-9-22-15)14-6-7-14/h2-5,14-15H,6-11H2,1H3,(H,18,21). The number of carbonyl (C=O) groups excluding carboxylic acids is 1. The summed E-state index contributed by atoms with van der Waals surface area (Å²) in [6.07, 6.45) is 2.61. The fourth-order valence-corrected chi connectivity index (χ4v) is 2.74. The lowest BCUT2D eigenvalue weighted by Crippen LogP contribution is -2.49. The van der Waals surface area contributed by atoms with Gasteiger partial charge in [-0.1, -0.05) is 0 Å². The molecule has 1 saturated carbocycles. The molecule has 1 atom stereocenters. The molecule has 1 aliphatic heterocycles. The highest BCUT2D eigenvalue weighted by Crippen LogP contribution is 2.28. The largest absolute Gasteiger partial charge is 0.374 e. The van der Waals surface area contributed by atoms with E-state index in [1.54, 1.807) is 19.2 Å². The molecular weight excluding hydrogens is 285 g/mol. The van der Waals surface area contributed by atoms with Gasteiger partial charge in [-0.2, -0.15) is 0 Å². The molecule has 0 bridgehead atoms. The van der Waals surface area contributed by atoms with Gasteiger partial charge in [0.15, 0.2) is 0 Å². The van der Waals surface area contributed by atoms with Crippen molar-refractivity contribution >= 4 is 11.7 Å². The summed E-state index contributed by atoms with van der Waals surface area (Å²) in [5, 5.41) is 2.89. The second-order valence-electron chi connectivity index (χ2n) is 5.94. The average molecular weight is 307 g/mol. The maximum Gasteiger partial charge on any atom is 0.321 e. The zero-order chi connectivity index (χ0) is 15.5. The zero-order valence-electron chi connectivity index (χ0n) is 12.8. The van der Waals surface area contributed by atoms with Crippen molar-refractivity contribution in [3.05, 3.63) is 30.1 Å². The van der Waals surface area contributed by atoms with Crippen LogP contribution in [0, 0.1) is 5.82 Å². The number of benzene rings is 1. The Kier molecular flexibility index (Phi) is 4.59. The Morgan fingerprint density at radius 3 is 2.82 bits per heavy atom. The van der Waals surface area contributed by atoms with Crippen molar-refractivity contribution in [2.45, 2.75) is 25.0 Å². The third-order valence-corrected chi connectivity index (χ3v) is 4.23. The Balaban J connectivity index is 1.47. The Morgan fingerprint density at radius 1 is 1.41 bits per heavy atom. The molecule has 5 nitrogen and oxygen atoms in total. The molecule has 1 aromatic carbocycles. The summed E-state index contributed by atoms with van der Waals surface area (Å²) in [6.45, 7) is 3.09. The molecule has 1 saturated heterocycles. The van der Waals surface area contributed by atoms with E-state index in [1.807, 2.05) is 0 Å². The van der Waals surface area contributed by atoms with Gasteiger partial charge in [-0.25, -0.2) is 9.18 Å². The van der Waals surface area contributed by atoms with E-state index in [0.717, 1.165) is 25.7 Å². The molecule has 1 heterocycles. The van der Waals surface area contributed by atoms with Crippen molar-refractivity contribution in [1.82, 2.24) is 10.2 Å². The maximum atomic E-state index is 12.9. The van der Waals surface area contributed by atoms with Crippen LogP contribution in [0.2, 0.25) is 0 Å². The smallest absolute Gasteiger partial charge is 0.321 e. The predicted molar refractivity (Wildman–Crippen MR) is 82.5 cm³/mol. The van der Waals surface area contributed by atoms with Gasteiger partial charge in [0.05, 0.1) is 12.7 Å². The molecule has 2 aliphatic rings. The molecule has 1 unspecified atom stereocenters. The first-order valence-corrected chi connectivity index (χ1v) is 7.76. The summed E-state index contributed by atoms with van der Waals surface area (Å²) >= 11 is 0. The number of morpholine rings is 1. The fraction of sp³-hybridized carbons (Fsp3) is 0.562. The molecule has 0 aromatic heterocycles. The summed E-state index contributed by atoms with van der Waals surface area (Å²) in [7, 11) is 1.67. The van der Waals surface area contributed by atoms with Crippen LogP contribution in [-0.4, -0.2) is 56.4 Å². The van der Waals surface area contributed by atoms with Crippen molar-refractivity contribution in [1.29, 1.82) is 0 Å². The third-order valence-electron chi connectivity index (χ3n) is 4.23. The number of amides is 2. The molecular formula is C16H22FN3O2. The van der Waals surface area contributed by atoms with Crippen LogP contribution in [0.4, 0.5) is 14.9 Å². The molecule has 3 rings (SSSR count). The van der Waals surface area contributed by atoms with Gasteiger partial charge in [0.1, 0.15) is 5.82 Å². The highest BCUT2D eigenvalue weighted by Gasteiger charge is 2.33. The van der Waals surface area contributed by atoms with Gasteiger partial charge in [0.2, 0.25) is 0 Å². The van der Waals surface area contributed by atoms with Crippen LogP contribution in [0.5, 0.6) is 0 Å². The average Bonchev–Trinajstić information content (AvgIpc) is 3.38. The Hall–Kier alpha value is -1.66. The quantitative estimate of drug-likeness (QED) is 0.923. The summed E-state index contributed by atoms with van der Waals surface area (Å²) in [5.74, 6) is -0.312. The molecule has 2 amide bonds. The van der Waals surface area contributed by atoms with E-state index in [-0.39, 0.29) is 18.0 Å². The van der Waals surface area contributed by atoms with Gasteiger partial charge >= 0.3 is 6.03 Å². The van der Waals surface area contributed by atoms with E-state index in [2.05, 4.69) is 10.2 Å². The second kappa shape index (κ2) is 6.62. The predicted octanol–water partition coefficient (Wildman–Crippen LogP) is 1.83. The molecule has 1 N–H and O–H groups in total. The number of halogens is 1. The highest BCUT2D eigenvalue weighted by atomic mass is 19.1. The molecule has 6 heteroatoms. The topological polar surface area (TPSA) is 44.8 Å². The minimum atomic E-state index is -0.312. The second-order valence-corrected chi connectivity index (χ2v) is 5.94. The van der Waals surface area contributed by atoms with E-state index >= 15 is 0 Å². The number of hydrogen-bond acceptors (Lipinski definition) is 3. The first kappa shape index (κ1) is 15.2. The first-order chi connectivity index (χ1) is 10.6. The number of nitrogens with zero attached hydrogens (tertiary/aromatic N) is 2. The van der Waals surface area contributed by atoms with Crippen LogP contribution in [0.15, 0.2) is 24.3 Å². The van der Waals surface area contributed by atoms with E-state index in [0.29, 0.717) is 12.2 Å². The van der Waals surface area contributed by atoms with Gasteiger partial charge < -0.3 is 10.1 Å². The Morgan fingerprint density at radius 2 is 2.14 bits per heavy atom. The molecule has 0 radical (unpaired) electrons. The van der Waals surface area contributed by atoms with Gasteiger partial charge in [0, 0.05) is 38.4 Å². The van der Waals surface area contributed by atoms with Crippen molar-refractivity contribution in [2.75, 3.05) is 38.2 Å². The zero-order valence-corrected chi connectivity index (χ0v) is 12.8. The van der Waals surface area contributed by atoms with E-state index in [4.69, 9.17) is 4.74 Å². The van der Waals surface area contributed by atoms with Gasteiger partial charge in [-0.3, -0.25) is 9.80 Å². The number of urea groups is 1. The fourth-order valence-electron chi connectivity index (χ4n) is 2.74. The summed E-state index contributed by atoms with van der Waals surface area (Å²) in [4.78, 5) is 16.1. The van der Waals surface area contributed by atoms with Gasteiger partial charge in [-0.15, -0.1) is 0 Å². The number of hydrogen-bond donors (Lipinski definition) is 1. The third kappa shape index (κ3) is 3.75. The lowest BCUT2D eigenvalue weighted by atomic mass is 10.2. The summed E-state index contributed by atoms with van der Waals surface area (Å²) in [6, 6.07) is 6.37. The normalized spacial score (nSPS) is 22.4. The molecule has 1 aromatic rings. The molecule has 1 aliphatic carbocycles. The van der Waals surface area contributed by atoms with Crippen molar-refractivity contribution in [3.63, 3.8) is 0 Å². The van der Waals surface area contributed by atoms with Crippen LogP contribution in [-0.2, 0) is 4.74 Å². The first-order valence-electron chi connectivity index (χ1n) is 7.76. The minimum absolute atomic E-state index is 0.0416. The Labute approximate surface area is 130 Å². The monoisotopic (exact) mass is 307 g/mol. The number of anilines is 1. The lowest BCUT2D eigenvalue weighted by molar-refractivity contribution is -0.0287. The molecule has 0 spiro atoms. The number of carbonyl (C=O) groups is 1. The summed E-state index contributed by atoms with van der Waals surface area (Å²) in [5.41, 5.74) is 0.656. The number of rotatable bonds is 4.